The number of hydrogen-bond donors (Lipinski definition) is 2. The molecule has 178 valence electrons. The van der Waals surface area contributed by atoms with E-state index in [0.29, 0.717) is 23.0 Å². The molecule has 3 aromatic carbocycles. The van der Waals surface area contributed by atoms with Crippen LogP contribution in [0.3, 0.4) is 0 Å². The number of amidine groups is 1. The Bertz CT molecular complexity index is 1160. The van der Waals surface area contributed by atoms with Gasteiger partial charge in [0, 0.05) is 22.8 Å². The minimum Gasteiger partial charge on any atom is -0.496 e. The fraction of sp³-hybridized carbons (Fsp3) is 0.250. The van der Waals surface area contributed by atoms with Crippen LogP contribution in [0, 0.1) is 12.7 Å². The van der Waals surface area contributed by atoms with Crippen molar-refractivity contribution < 1.29 is 14.2 Å². The summed E-state index contributed by atoms with van der Waals surface area (Å²) in [6.07, 6.45) is 5.18. The predicted molar refractivity (Wildman–Crippen MR) is 138 cm³/mol. The third-order valence-corrected chi connectivity index (χ3v) is 5.74. The zero-order valence-electron chi connectivity index (χ0n) is 19.7. The molecule has 0 aliphatic heterocycles. The van der Waals surface area contributed by atoms with Gasteiger partial charge >= 0.3 is 0 Å². The van der Waals surface area contributed by atoms with E-state index in [9.17, 15) is 9.50 Å². The van der Waals surface area contributed by atoms with Gasteiger partial charge in [0.1, 0.15) is 17.4 Å². The predicted octanol–water partition coefficient (Wildman–Crippen LogP) is 6.85. The molecule has 34 heavy (non-hydrogen) atoms. The second-order valence-electron chi connectivity index (χ2n) is 7.87. The molecule has 0 spiro atoms. The number of aliphatic imine (C=N–C) groups is 1. The molecule has 4 nitrogen and oxygen atoms in total. The summed E-state index contributed by atoms with van der Waals surface area (Å²) in [6.45, 7) is 4.01. The van der Waals surface area contributed by atoms with E-state index in [0.717, 1.165) is 34.2 Å². The van der Waals surface area contributed by atoms with Gasteiger partial charge in [-0.15, -0.1) is 0 Å². The second-order valence-corrected chi connectivity index (χ2v) is 8.31. The van der Waals surface area contributed by atoms with Crippen LogP contribution in [0.1, 0.15) is 42.5 Å². The van der Waals surface area contributed by atoms with Crippen molar-refractivity contribution in [3.05, 3.63) is 100 Å². The molecule has 3 rings (SSSR count). The van der Waals surface area contributed by atoms with Crippen LogP contribution in [-0.4, -0.2) is 24.7 Å². The lowest BCUT2D eigenvalue weighted by Crippen LogP contribution is -2.22. The first-order valence-electron chi connectivity index (χ1n) is 11.3. The molecular formula is C28H30ClFN2O2. The Kier molecular flexibility index (Phi) is 9.25. The van der Waals surface area contributed by atoms with Gasteiger partial charge in [-0.3, -0.25) is 4.99 Å². The Morgan fingerprint density at radius 1 is 1.15 bits per heavy atom. The number of aliphatic hydroxyl groups is 1. The molecule has 0 bridgehead atoms. The zero-order valence-corrected chi connectivity index (χ0v) is 20.4. The van der Waals surface area contributed by atoms with Crippen LogP contribution < -0.4 is 10.1 Å². The maximum absolute atomic E-state index is 13.5. The normalized spacial score (nSPS) is 12.7. The summed E-state index contributed by atoms with van der Waals surface area (Å²) in [4.78, 5) is 5.02. The highest BCUT2D eigenvalue weighted by Crippen LogP contribution is 2.32. The van der Waals surface area contributed by atoms with Gasteiger partial charge < -0.3 is 15.2 Å². The summed E-state index contributed by atoms with van der Waals surface area (Å²) >= 11 is 6.23. The first-order chi connectivity index (χ1) is 16.5. The van der Waals surface area contributed by atoms with Gasteiger partial charge in [0.2, 0.25) is 0 Å². The molecule has 6 heteroatoms. The number of nitrogens with one attached hydrogen (secondary N) is 1. The van der Waals surface area contributed by atoms with E-state index < -0.39 is 0 Å². The number of hydrogen-bond acceptors (Lipinski definition) is 3. The Morgan fingerprint density at radius 3 is 2.56 bits per heavy atom. The van der Waals surface area contributed by atoms with E-state index in [2.05, 4.69) is 12.2 Å². The van der Waals surface area contributed by atoms with Crippen LogP contribution in [0.4, 0.5) is 4.39 Å². The van der Waals surface area contributed by atoms with Crippen molar-refractivity contribution in [2.75, 3.05) is 13.7 Å². The molecule has 1 atom stereocenters. The van der Waals surface area contributed by atoms with Crippen molar-refractivity contribution in [1.82, 2.24) is 5.32 Å². The molecule has 0 radical (unpaired) electrons. The fourth-order valence-corrected chi connectivity index (χ4v) is 3.89. The van der Waals surface area contributed by atoms with Gasteiger partial charge in [-0.2, -0.15) is 0 Å². The first kappa shape index (κ1) is 25.5. The fourth-order valence-electron chi connectivity index (χ4n) is 3.69. The highest BCUT2D eigenvalue weighted by atomic mass is 35.5. The van der Waals surface area contributed by atoms with E-state index in [-0.39, 0.29) is 18.5 Å². The number of benzene rings is 3. The third-order valence-electron chi connectivity index (χ3n) is 5.51. The second kappa shape index (κ2) is 12.4. The van der Waals surface area contributed by atoms with Crippen LogP contribution in [0.15, 0.2) is 77.9 Å². The molecule has 0 amide bonds. The molecule has 0 fully saturated rings. The Morgan fingerprint density at radius 2 is 1.91 bits per heavy atom. The number of halogens is 2. The molecule has 1 unspecified atom stereocenters. The average molecular weight is 481 g/mol. The summed E-state index contributed by atoms with van der Waals surface area (Å²) < 4.78 is 19.2. The van der Waals surface area contributed by atoms with Crippen molar-refractivity contribution in [2.45, 2.75) is 32.7 Å². The quantitative estimate of drug-likeness (QED) is 0.260. The Labute approximate surface area is 205 Å². The zero-order chi connectivity index (χ0) is 24.5. The molecule has 0 heterocycles. The van der Waals surface area contributed by atoms with E-state index in [1.165, 1.54) is 12.1 Å². The van der Waals surface area contributed by atoms with Crippen LogP contribution in [0.25, 0.3) is 11.1 Å². The lowest BCUT2D eigenvalue weighted by atomic mass is 9.97. The maximum Gasteiger partial charge on any atom is 0.133 e. The highest BCUT2D eigenvalue weighted by Gasteiger charge is 2.17. The maximum atomic E-state index is 13.5. The summed E-state index contributed by atoms with van der Waals surface area (Å²) in [5.41, 5.74) is 4.43. The minimum absolute atomic E-state index is 0.0172. The van der Waals surface area contributed by atoms with Gasteiger partial charge in [0.05, 0.1) is 13.2 Å². The van der Waals surface area contributed by atoms with Crippen LogP contribution >= 0.6 is 11.6 Å². The highest BCUT2D eigenvalue weighted by molar-refractivity contribution is 6.30. The lowest BCUT2D eigenvalue weighted by Gasteiger charge is -2.19. The van der Waals surface area contributed by atoms with Crippen molar-refractivity contribution in [3.63, 3.8) is 0 Å². The molecule has 0 saturated heterocycles. The van der Waals surface area contributed by atoms with Gasteiger partial charge in [0.15, 0.2) is 0 Å². The number of methoxy groups -OCH3 is 1. The molecule has 0 aliphatic rings. The number of aliphatic hydroxyl groups excluding tert-OH is 1. The summed E-state index contributed by atoms with van der Waals surface area (Å²) in [5, 5.41) is 13.7. The van der Waals surface area contributed by atoms with E-state index in [1.54, 1.807) is 19.2 Å². The van der Waals surface area contributed by atoms with Crippen molar-refractivity contribution in [1.29, 1.82) is 0 Å². The molecular weight excluding hydrogens is 451 g/mol. The molecule has 3 aromatic rings. The Balaban J connectivity index is 2.17. The SMILES string of the molecule is CC/C=C/NC(=NC(CCO)c1cccc(Cl)c1)c1cc(-c2ccc(F)cc2)cc(OC)c1C. The van der Waals surface area contributed by atoms with Crippen LogP contribution in [0.5, 0.6) is 5.75 Å². The summed E-state index contributed by atoms with van der Waals surface area (Å²) in [6, 6.07) is 17.5. The van der Waals surface area contributed by atoms with Crippen molar-refractivity contribution >= 4 is 17.4 Å². The molecule has 0 saturated carbocycles. The van der Waals surface area contributed by atoms with Gasteiger partial charge in [0.25, 0.3) is 0 Å². The smallest absolute Gasteiger partial charge is 0.133 e. The molecule has 0 aromatic heterocycles. The van der Waals surface area contributed by atoms with Crippen molar-refractivity contribution in [2.24, 2.45) is 4.99 Å². The van der Waals surface area contributed by atoms with Gasteiger partial charge in [-0.25, -0.2) is 4.39 Å². The molecule has 0 aliphatic carbocycles. The van der Waals surface area contributed by atoms with E-state index >= 15 is 0 Å². The average Bonchev–Trinajstić information content (AvgIpc) is 2.84. The largest absolute Gasteiger partial charge is 0.496 e. The van der Waals surface area contributed by atoms with Crippen molar-refractivity contribution in [3.8, 4) is 16.9 Å². The summed E-state index contributed by atoms with van der Waals surface area (Å²) in [5.74, 6) is 1.06. The Hall–Kier alpha value is -3.15. The topological polar surface area (TPSA) is 53.9 Å². The number of nitrogens with zero attached hydrogens (tertiary/aromatic N) is 1. The number of allylic oxidation sites excluding steroid dienone is 1. The van der Waals surface area contributed by atoms with Crippen LogP contribution in [0.2, 0.25) is 5.02 Å². The summed E-state index contributed by atoms with van der Waals surface area (Å²) in [7, 11) is 1.63. The van der Waals surface area contributed by atoms with Gasteiger partial charge in [-0.05, 0) is 79.1 Å². The molecule has 2 N–H and O–H groups in total. The number of ether oxygens (including phenoxy) is 1. The number of rotatable bonds is 9. The first-order valence-corrected chi connectivity index (χ1v) is 11.6. The van der Waals surface area contributed by atoms with Crippen LogP contribution in [-0.2, 0) is 0 Å². The minimum atomic E-state index is -0.305. The third kappa shape index (κ3) is 6.46. The monoisotopic (exact) mass is 480 g/mol. The lowest BCUT2D eigenvalue weighted by molar-refractivity contribution is 0.277. The van der Waals surface area contributed by atoms with E-state index in [1.807, 2.05) is 55.6 Å². The standard InChI is InChI=1S/C28H30ClFN2O2/c1-4-5-14-31-28(32-26(13-15-33)21-7-6-8-23(29)16-21)25-17-22(18-27(34-3)19(25)2)20-9-11-24(30)12-10-20/h5-12,14,16-18,26,33H,4,13,15H2,1-3H3,(H,31,32)/b14-5+. The van der Waals surface area contributed by atoms with Gasteiger partial charge in [-0.1, -0.05) is 48.9 Å². The van der Waals surface area contributed by atoms with E-state index in [4.69, 9.17) is 21.3 Å².